The number of hydrogen-bond donors (Lipinski definition) is 2. The van der Waals surface area contributed by atoms with E-state index in [4.69, 9.17) is 4.74 Å². The normalized spacial score (nSPS) is 11.2. The van der Waals surface area contributed by atoms with Crippen molar-refractivity contribution < 1.29 is 9.53 Å². The zero-order valence-corrected chi connectivity index (χ0v) is 26.4. The third kappa shape index (κ3) is 6.96. The van der Waals surface area contributed by atoms with Crippen molar-refractivity contribution in [3.63, 3.8) is 0 Å². The number of nitrogens with zero attached hydrogens (tertiary/aromatic N) is 3. The largest absolute Gasteiger partial charge is 0.489 e. The van der Waals surface area contributed by atoms with Crippen LogP contribution >= 0.6 is 0 Å². The summed E-state index contributed by atoms with van der Waals surface area (Å²) in [5.74, 6) is 0.981. The van der Waals surface area contributed by atoms with Gasteiger partial charge in [-0.15, -0.1) is 0 Å². The van der Waals surface area contributed by atoms with Gasteiger partial charge in [-0.3, -0.25) is 14.3 Å². The van der Waals surface area contributed by atoms with E-state index >= 15 is 0 Å². The first-order chi connectivity index (χ1) is 21.6. The second-order valence-corrected chi connectivity index (χ2v) is 11.9. The molecule has 5 aromatic rings. The summed E-state index contributed by atoms with van der Waals surface area (Å²) in [7, 11) is 0. The van der Waals surface area contributed by atoms with Gasteiger partial charge in [0.05, 0.1) is 0 Å². The lowest BCUT2D eigenvalue weighted by atomic mass is 9.93. The fourth-order valence-electron chi connectivity index (χ4n) is 5.46. The van der Waals surface area contributed by atoms with Gasteiger partial charge >= 0.3 is 6.03 Å². The van der Waals surface area contributed by atoms with Crippen molar-refractivity contribution in [1.29, 1.82) is 0 Å². The minimum absolute atomic E-state index is 0.145. The van der Waals surface area contributed by atoms with Gasteiger partial charge in [0.2, 0.25) is 0 Å². The van der Waals surface area contributed by atoms with Crippen molar-refractivity contribution in [2.45, 2.75) is 59.6 Å². The van der Waals surface area contributed by atoms with Crippen LogP contribution in [-0.2, 0) is 13.2 Å². The molecule has 0 aliphatic rings. The lowest BCUT2D eigenvalue weighted by Gasteiger charge is -2.22. The average Bonchev–Trinajstić information content (AvgIpc) is 3.02. The molecule has 5 rings (SSSR count). The van der Waals surface area contributed by atoms with Gasteiger partial charge in [0, 0.05) is 47.3 Å². The molecule has 0 atom stereocenters. The topological polar surface area (TPSA) is 98.1 Å². The van der Waals surface area contributed by atoms with Crippen LogP contribution in [0.2, 0.25) is 0 Å². The Hall–Kier alpha value is -5.24. The number of para-hydroxylation sites is 1. The highest BCUT2D eigenvalue weighted by Gasteiger charge is 2.23. The molecule has 0 fully saturated rings. The van der Waals surface area contributed by atoms with Gasteiger partial charge in [-0.1, -0.05) is 76.2 Å². The van der Waals surface area contributed by atoms with Crippen LogP contribution in [0.15, 0.2) is 102 Å². The van der Waals surface area contributed by atoms with Gasteiger partial charge in [0.15, 0.2) is 0 Å². The van der Waals surface area contributed by atoms with Crippen LogP contribution in [0, 0.1) is 0 Å². The summed E-state index contributed by atoms with van der Waals surface area (Å²) < 4.78 is 7.65. The molecule has 3 aromatic heterocycles. The molecule has 2 N–H and O–H groups in total. The molecule has 2 amide bonds. The number of anilines is 2. The van der Waals surface area contributed by atoms with Gasteiger partial charge in [-0.25, -0.2) is 9.78 Å². The molecule has 3 heterocycles. The second kappa shape index (κ2) is 13.6. The summed E-state index contributed by atoms with van der Waals surface area (Å²) >= 11 is 0. The molecular formula is C37H39N5O3. The number of pyridine rings is 3. The van der Waals surface area contributed by atoms with Crippen LogP contribution in [0.25, 0.3) is 22.2 Å². The highest BCUT2D eigenvalue weighted by molar-refractivity contribution is 6.07. The summed E-state index contributed by atoms with van der Waals surface area (Å²) in [4.78, 5) is 36.8. The number of aromatic nitrogens is 3. The van der Waals surface area contributed by atoms with E-state index in [0.717, 1.165) is 28.0 Å². The lowest BCUT2D eigenvalue weighted by Crippen LogP contribution is -2.30. The number of urea groups is 1. The lowest BCUT2D eigenvalue weighted by molar-refractivity contribution is 0.262. The monoisotopic (exact) mass is 601 g/mol. The van der Waals surface area contributed by atoms with Crippen molar-refractivity contribution >= 4 is 28.4 Å². The second-order valence-electron chi connectivity index (χ2n) is 11.9. The van der Waals surface area contributed by atoms with Crippen LogP contribution in [0.3, 0.4) is 0 Å². The smallest absolute Gasteiger partial charge is 0.323 e. The van der Waals surface area contributed by atoms with Crippen LogP contribution in [-0.4, -0.2) is 20.6 Å². The van der Waals surface area contributed by atoms with E-state index in [1.165, 1.54) is 0 Å². The quantitative estimate of drug-likeness (QED) is 0.156. The zero-order chi connectivity index (χ0) is 32.1. The summed E-state index contributed by atoms with van der Waals surface area (Å²) in [6.07, 6.45) is 5.13. The third-order valence-corrected chi connectivity index (χ3v) is 7.55. The first-order valence-corrected chi connectivity index (χ1v) is 15.1. The Morgan fingerprint density at radius 1 is 0.911 bits per heavy atom. The molecule has 0 bridgehead atoms. The number of hydrogen-bond acceptors (Lipinski definition) is 5. The highest BCUT2D eigenvalue weighted by atomic mass is 16.5. The molecule has 0 spiro atoms. The van der Waals surface area contributed by atoms with Gasteiger partial charge in [-0.05, 0) is 65.8 Å². The maximum absolute atomic E-state index is 14.2. The number of carbonyl (C=O) groups is 1. The molecule has 0 radical (unpaired) electrons. The van der Waals surface area contributed by atoms with Crippen LogP contribution in [0.1, 0.15) is 63.1 Å². The molecule has 0 unspecified atom stereocenters. The Kier molecular flexibility index (Phi) is 9.42. The van der Waals surface area contributed by atoms with Gasteiger partial charge < -0.3 is 15.4 Å². The van der Waals surface area contributed by atoms with Crippen molar-refractivity contribution in [2.75, 3.05) is 10.6 Å². The maximum atomic E-state index is 14.2. The number of allylic oxidation sites excluding steroid dienone is 1. The Bertz CT molecular complexity index is 1890. The summed E-state index contributed by atoms with van der Waals surface area (Å²) in [6.45, 7) is 14.8. The molecule has 0 aliphatic heterocycles. The highest BCUT2D eigenvalue weighted by Crippen LogP contribution is 2.36. The number of nitrogens with one attached hydrogen (secondary N) is 2. The standard InChI is InChI=1S/C37H39N5O3/c1-23(2)21-42-35-31(16-10-18-39-35)32(27-12-7-13-28(19-27)45-22-26-11-9-17-38-20-26)34(36(42)43)41-37(44)40-33-29(24(3)4)14-8-15-30(33)25(5)6/h7-20,24-25H,1,21-22H2,2-6H3,(H2,40,41,44). The third-order valence-electron chi connectivity index (χ3n) is 7.55. The number of ether oxygens (including phenoxy) is 1. The van der Waals surface area contributed by atoms with Gasteiger partial charge in [-0.2, -0.15) is 0 Å². The fourth-order valence-corrected chi connectivity index (χ4v) is 5.46. The van der Waals surface area contributed by atoms with Crippen LogP contribution in [0.5, 0.6) is 5.75 Å². The minimum atomic E-state index is -0.502. The van der Waals surface area contributed by atoms with Crippen LogP contribution in [0.4, 0.5) is 16.2 Å². The number of carbonyl (C=O) groups excluding carboxylic acids is 1. The van der Waals surface area contributed by atoms with Crippen molar-refractivity contribution in [2.24, 2.45) is 0 Å². The molecule has 230 valence electrons. The van der Waals surface area contributed by atoms with Gasteiger partial charge in [0.25, 0.3) is 5.56 Å². The molecular weight excluding hydrogens is 562 g/mol. The molecule has 0 saturated carbocycles. The fraction of sp³-hybridized carbons (Fsp3) is 0.243. The van der Waals surface area contributed by atoms with Crippen LogP contribution < -0.4 is 20.9 Å². The molecule has 2 aromatic carbocycles. The Morgan fingerprint density at radius 3 is 2.27 bits per heavy atom. The molecule has 0 saturated heterocycles. The number of fused-ring (bicyclic) bond motifs is 1. The SMILES string of the molecule is C=C(C)Cn1c(=O)c(NC(=O)Nc2c(C(C)C)cccc2C(C)C)c(-c2cccc(OCc3cccnc3)c2)c2cccnc21. The maximum Gasteiger partial charge on any atom is 0.323 e. The van der Waals surface area contributed by atoms with Crippen molar-refractivity contribution in [3.05, 3.63) is 125 Å². The molecule has 45 heavy (non-hydrogen) atoms. The predicted molar refractivity (Wildman–Crippen MR) is 182 cm³/mol. The van der Waals surface area contributed by atoms with E-state index in [-0.39, 0.29) is 29.6 Å². The Balaban J connectivity index is 1.62. The number of amides is 2. The Morgan fingerprint density at radius 2 is 1.60 bits per heavy atom. The van der Waals surface area contributed by atoms with E-state index in [2.05, 4.69) is 54.9 Å². The van der Waals surface area contributed by atoms with Crippen molar-refractivity contribution in [3.8, 4) is 16.9 Å². The minimum Gasteiger partial charge on any atom is -0.489 e. The zero-order valence-electron chi connectivity index (χ0n) is 26.4. The summed E-state index contributed by atoms with van der Waals surface area (Å²) in [5.41, 5.74) is 6.06. The number of benzene rings is 2. The van der Waals surface area contributed by atoms with Gasteiger partial charge in [0.1, 0.15) is 23.7 Å². The first-order valence-electron chi connectivity index (χ1n) is 15.1. The first kappa shape index (κ1) is 31.2. The van der Waals surface area contributed by atoms with E-state index in [1.54, 1.807) is 23.2 Å². The number of rotatable bonds is 10. The predicted octanol–water partition coefficient (Wildman–Crippen LogP) is 8.50. The van der Waals surface area contributed by atoms with E-state index in [9.17, 15) is 9.59 Å². The van der Waals surface area contributed by atoms with Crippen molar-refractivity contribution in [1.82, 2.24) is 14.5 Å². The Labute approximate surface area is 263 Å². The summed E-state index contributed by atoms with van der Waals surface area (Å²) in [6, 6.07) is 20.6. The molecule has 8 nitrogen and oxygen atoms in total. The molecule has 8 heteroatoms. The average molecular weight is 602 g/mol. The van der Waals surface area contributed by atoms with E-state index in [1.807, 2.05) is 73.7 Å². The van der Waals surface area contributed by atoms with E-state index < -0.39 is 6.03 Å². The van der Waals surface area contributed by atoms with E-state index in [0.29, 0.717) is 34.5 Å². The summed E-state index contributed by atoms with van der Waals surface area (Å²) in [5, 5.41) is 6.76. The molecule has 0 aliphatic carbocycles.